The number of carboxylic acid groups (broad SMARTS) is 1. The van der Waals surface area contributed by atoms with E-state index in [0.717, 1.165) is 4.57 Å². The van der Waals surface area contributed by atoms with E-state index in [0.29, 0.717) is 0 Å². The lowest BCUT2D eigenvalue weighted by molar-refractivity contribution is -0.140. The zero-order valence-electron chi connectivity index (χ0n) is 6.97. The van der Waals surface area contributed by atoms with Gasteiger partial charge in [0, 0.05) is 6.20 Å². The number of rotatable bonds is 2. The van der Waals surface area contributed by atoms with Gasteiger partial charge in [0.2, 0.25) is 0 Å². The summed E-state index contributed by atoms with van der Waals surface area (Å²) in [4.78, 5) is 25.0. The maximum absolute atomic E-state index is 11.1. The van der Waals surface area contributed by atoms with E-state index in [4.69, 9.17) is 10.8 Å². The number of aliphatic carboxylic acids is 1. The van der Waals surface area contributed by atoms with E-state index >= 15 is 0 Å². The van der Waals surface area contributed by atoms with Crippen molar-refractivity contribution in [3.8, 4) is 0 Å². The van der Waals surface area contributed by atoms with Gasteiger partial charge in [-0.25, -0.2) is 9.59 Å². The van der Waals surface area contributed by atoms with Crippen LogP contribution in [-0.2, 0) is 4.79 Å². The lowest BCUT2D eigenvalue weighted by Gasteiger charge is -2.08. The molecule has 3 N–H and O–H groups in total. The van der Waals surface area contributed by atoms with Crippen LogP contribution in [0.15, 0.2) is 17.1 Å². The fourth-order valence-electron chi connectivity index (χ4n) is 0.840. The van der Waals surface area contributed by atoms with Crippen molar-refractivity contribution >= 4 is 11.8 Å². The quantitative estimate of drug-likeness (QED) is 0.642. The minimum absolute atomic E-state index is 0.0823. The second kappa shape index (κ2) is 3.26. The topological polar surface area (TPSA) is 98.2 Å². The van der Waals surface area contributed by atoms with E-state index in [1.165, 1.54) is 19.2 Å². The Balaban J connectivity index is 3.16. The average Bonchev–Trinajstić information content (AvgIpc) is 2.03. The van der Waals surface area contributed by atoms with Crippen molar-refractivity contribution in [2.75, 3.05) is 5.73 Å². The van der Waals surface area contributed by atoms with Crippen LogP contribution in [0.5, 0.6) is 0 Å². The molecule has 1 aromatic rings. The molecular weight excluding hydrogens is 174 g/mol. The van der Waals surface area contributed by atoms with Crippen molar-refractivity contribution in [3.05, 3.63) is 22.7 Å². The molecule has 70 valence electrons. The summed E-state index contributed by atoms with van der Waals surface area (Å²) in [5.41, 5.74) is 4.57. The van der Waals surface area contributed by atoms with E-state index in [9.17, 15) is 9.59 Å². The summed E-state index contributed by atoms with van der Waals surface area (Å²) in [6, 6.07) is 0.446. The fourth-order valence-corrected chi connectivity index (χ4v) is 0.840. The van der Waals surface area contributed by atoms with Crippen molar-refractivity contribution in [1.29, 1.82) is 0 Å². The number of aromatic nitrogens is 2. The third-order valence-corrected chi connectivity index (χ3v) is 1.63. The number of carboxylic acids is 1. The third-order valence-electron chi connectivity index (χ3n) is 1.63. The van der Waals surface area contributed by atoms with Crippen LogP contribution in [0.3, 0.4) is 0 Å². The zero-order chi connectivity index (χ0) is 10.0. The number of nitrogens with two attached hydrogens (primary N) is 1. The second-order valence-corrected chi connectivity index (χ2v) is 2.56. The minimum atomic E-state index is -1.09. The molecule has 6 nitrogen and oxygen atoms in total. The lowest BCUT2D eigenvalue weighted by atomic mass is 10.3. The van der Waals surface area contributed by atoms with Gasteiger partial charge in [0.25, 0.3) is 0 Å². The Kier molecular flexibility index (Phi) is 2.32. The molecule has 0 aliphatic heterocycles. The van der Waals surface area contributed by atoms with Gasteiger partial charge in [-0.15, -0.1) is 0 Å². The van der Waals surface area contributed by atoms with E-state index < -0.39 is 17.7 Å². The summed E-state index contributed by atoms with van der Waals surface area (Å²) < 4.78 is 0.999. The van der Waals surface area contributed by atoms with Crippen LogP contribution in [-0.4, -0.2) is 20.6 Å². The van der Waals surface area contributed by atoms with E-state index in [-0.39, 0.29) is 5.82 Å². The van der Waals surface area contributed by atoms with Gasteiger partial charge < -0.3 is 10.8 Å². The first-order valence-electron chi connectivity index (χ1n) is 3.60. The minimum Gasteiger partial charge on any atom is -0.480 e. The Labute approximate surface area is 73.6 Å². The molecule has 1 heterocycles. The highest BCUT2D eigenvalue weighted by Crippen LogP contribution is 2.01. The highest BCUT2D eigenvalue weighted by molar-refractivity contribution is 5.71. The summed E-state index contributed by atoms with van der Waals surface area (Å²) in [5.74, 6) is -1.01. The first-order valence-corrected chi connectivity index (χ1v) is 3.60. The first kappa shape index (κ1) is 9.24. The van der Waals surface area contributed by atoms with Crippen LogP contribution in [0.1, 0.15) is 13.0 Å². The Morgan fingerprint density at radius 2 is 2.38 bits per heavy atom. The number of carbonyl (C=O) groups is 1. The molecule has 0 saturated carbocycles. The number of nitrogens with zero attached hydrogens (tertiary/aromatic N) is 2. The average molecular weight is 183 g/mol. The first-order chi connectivity index (χ1) is 6.02. The highest BCUT2D eigenvalue weighted by Gasteiger charge is 2.14. The van der Waals surface area contributed by atoms with Crippen LogP contribution in [0.4, 0.5) is 5.82 Å². The van der Waals surface area contributed by atoms with Gasteiger partial charge in [0.15, 0.2) is 0 Å². The van der Waals surface area contributed by atoms with Crippen LogP contribution in [0, 0.1) is 0 Å². The molecule has 0 bridgehead atoms. The van der Waals surface area contributed by atoms with Gasteiger partial charge in [-0.3, -0.25) is 4.57 Å². The SMILES string of the molecule is CC(C(=O)O)n1ccc(N)nc1=O. The molecule has 0 aliphatic rings. The largest absolute Gasteiger partial charge is 0.480 e. The van der Waals surface area contributed by atoms with Crippen LogP contribution < -0.4 is 11.4 Å². The van der Waals surface area contributed by atoms with Crippen LogP contribution in [0.25, 0.3) is 0 Å². The normalized spacial score (nSPS) is 12.4. The van der Waals surface area contributed by atoms with Crippen LogP contribution in [0.2, 0.25) is 0 Å². The number of anilines is 1. The van der Waals surface area contributed by atoms with Gasteiger partial charge in [-0.05, 0) is 13.0 Å². The van der Waals surface area contributed by atoms with Crippen molar-refractivity contribution in [2.45, 2.75) is 13.0 Å². The molecule has 1 unspecified atom stereocenters. The summed E-state index contributed by atoms with van der Waals surface area (Å²) >= 11 is 0. The molecule has 0 saturated heterocycles. The molecule has 0 aromatic carbocycles. The molecule has 13 heavy (non-hydrogen) atoms. The highest BCUT2D eigenvalue weighted by atomic mass is 16.4. The molecule has 0 spiro atoms. The van der Waals surface area contributed by atoms with Gasteiger partial charge in [0.05, 0.1) is 0 Å². The van der Waals surface area contributed by atoms with Gasteiger partial charge >= 0.3 is 11.7 Å². The number of nitrogen functional groups attached to an aromatic ring is 1. The third kappa shape index (κ3) is 1.84. The summed E-state index contributed by atoms with van der Waals surface area (Å²) in [7, 11) is 0. The van der Waals surface area contributed by atoms with Crippen molar-refractivity contribution < 1.29 is 9.90 Å². The Morgan fingerprint density at radius 1 is 1.77 bits per heavy atom. The molecule has 0 aliphatic carbocycles. The van der Waals surface area contributed by atoms with Crippen molar-refractivity contribution in [3.63, 3.8) is 0 Å². The molecule has 1 rings (SSSR count). The van der Waals surface area contributed by atoms with Gasteiger partial charge in [0.1, 0.15) is 11.9 Å². The summed E-state index contributed by atoms with van der Waals surface area (Å²) in [6.45, 7) is 1.39. The zero-order valence-corrected chi connectivity index (χ0v) is 6.97. The molecule has 0 radical (unpaired) electrons. The van der Waals surface area contributed by atoms with Crippen molar-refractivity contribution in [2.24, 2.45) is 0 Å². The monoisotopic (exact) mass is 183 g/mol. The summed E-state index contributed by atoms with van der Waals surface area (Å²) in [5, 5.41) is 8.61. The Morgan fingerprint density at radius 3 is 2.85 bits per heavy atom. The van der Waals surface area contributed by atoms with E-state index in [1.54, 1.807) is 0 Å². The smallest absolute Gasteiger partial charge is 0.350 e. The maximum Gasteiger partial charge on any atom is 0.350 e. The molecule has 0 amide bonds. The van der Waals surface area contributed by atoms with Gasteiger partial charge in [-0.2, -0.15) is 4.98 Å². The predicted molar refractivity (Wildman–Crippen MR) is 45.3 cm³/mol. The Bertz CT molecular complexity index is 385. The summed E-state index contributed by atoms with van der Waals surface area (Å²) in [6.07, 6.45) is 1.31. The number of hydrogen-bond donors (Lipinski definition) is 2. The Hall–Kier alpha value is -1.85. The number of hydrogen-bond acceptors (Lipinski definition) is 4. The van der Waals surface area contributed by atoms with Crippen LogP contribution >= 0.6 is 0 Å². The van der Waals surface area contributed by atoms with E-state index in [1.807, 2.05) is 0 Å². The standard InChI is InChI=1S/C7H9N3O3/c1-4(6(11)12)10-3-2-5(8)9-7(10)13/h2-4H,1H3,(H,11,12)(H2,8,9,13). The molecule has 1 aromatic heterocycles. The predicted octanol–water partition coefficient (Wildman–Crippen LogP) is -0.529. The molecular formula is C7H9N3O3. The molecule has 0 fully saturated rings. The molecule has 6 heteroatoms. The lowest BCUT2D eigenvalue weighted by Crippen LogP contribution is -2.29. The maximum atomic E-state index is 11.1. The van der Waals surface area contributed by atoms with E-state index in [2.05, 4.69) is 4.98 Å². The fraction of sp³-hybridized carbons (Fsp3) is 0.286. The second-order valence-electron chi connectivity index (χ2n) is 2.56. The molecule has 1 atom stereocenters. The van der Waals surface area contributed by atoms with Crippen molar-refractivity contribution in [1.82, 2.24) is 9.55 Å². The van der Waals surface area contributed by atoms with Gasteiger partial charge in [-0.1, -0.05) is 0 Å².